The fraction of sp³-hybridized carbons (Fsp3) is 0.250. The smallest absolute Gasteiger partial charge is 0.222 e. The van der Waals surface area contributed by atoms with Crippen molar-refractivity contribution in [3.63, 3.8) is 0 Å². The number of hydrogen-bond donors (Lipinski definition) is 2. The molecule has 4 heteroatoms. The summed E-state index contributed by atoms with van der Waals surface area (Å²) in [6.45, 7) is 0. The van der Waals surface area contributed by atoms with Crippen LogP contribution in [0.5, 0.6) is 0 Å². The number of rotatable bonds is 3. The average Bonchev–Trinajstić information content (AvgIpc) is 2.93. The lowest BCUT2D eigenvalue weighted by molar-refractivity contribution is -0.119. The number of benzene rings is 1. The minimum Gasteiger partial charge on any atom is -0.369 e. The molecular formula is C12H13N3O. The number of para-hydroxylation sites is 1. The highest BCUT2D eigenvalue weighted by atomic mass is 16.1. The normalized spacial score (nSPS) is 23.2. The maximum atomic E-state index is 10.9. The van der Waals surface area contributed by atoms with Gasteiger partial charge in [-0.05, 0) is 18.6 Å². The lowest BCUT2D eigenvalue weighted by atomic mass is 10.3. The Balaban J connectivity index is 1.83. The van der Waals surface area contributed by atoms with E-state index in [1.54, 1.807) is 0 Å². The Kier molecular flexibility index (Phi) is 1.89. The molecule has 1 aromatic heterocycles. The quantitative estimate of drug-likeness (QED) is 0.804. The molecule has 2 aromatic rings. The predicted octanol–water partition coefficient (Wildman–Crippen LogP) is 1.06. The van der Waals surface area contributed by atoms with E-state index in [0.29, 0.717) is 0 Å². The second kappa shape index (κ2) is 3.27. The molecule has 1 aliphatic rings. The van der Waals surface area contributed by atoms with E-state index in [1.165, 1.54) is 5.39 Å². The summed E-state index contributed by atoms with van der Waals surface area (Å²) in [6, 6.07) is 10.3. The van der Waals surface area contributed by atoms with E-state index in [4.69, 9.17) is 5.73 Å². The molecule has 1 aromatic carbocycles. The van der Waals surface area contributed by atoms with Crippen LogP contribution in [-0.2, 0) is 4.79 Å². The number of fused-ring (bicyclic) bond motifs is 1. The molecular weight excluding hydrogens is 202 g/mol. The Morgan fingerprint density at radius 1 is 1.38 bits per heavy atom. The second-order valence-electron chi connectivity index (χ2n) is 4.22. The van der Waals surface area contributed by atoms with E-state index >= 15 is 0 Å². The minimum absolute atomic E-state index is 0.0128. The lowest BCUT2D eigenvalue weighted by Gasteiger charge is -2.08. The number of nitrogens with zero attached hydrogens (tertiary/aromatic N) is 1. The van der Waals surface area contributed by atoms with Gasteiger partial charge in [0.2, 0.25) is 5.91 Å². The molecule has 3 N–H and O–H groups in total. The van der Waals surface area contributed by atoms with Crippen LogP contribution >= 0.6 is 0 Å². The first-order valence-corrected chi connectivity index (χ1v) is 5.37. The van der Waals surface area contributed by atoms with Crippen LogP contribution in [0, 0.1) is 5.92 Å². The highest BCUT2D eigenvalue weighted by Gasteiger charge is 2.42. The molecule has 0 saturated heterocycles. The van der Waals surface area contributed by atoms with Crippen molar-refractivity contribution in [2.45, 2.75) is 12.5 Å². The van der Waals surface area contributed by atoms with E-state index in [1.807, 2.05) is 35.1 Å². The van der Waals surface area contributed by atoms with Crippen molar-refractivity contribution >= 4 is 16.8 Å². The van der Waals surface area contributed by atoms with Crippen molar-refractivity contribution in [2.75, 3.05) is 5.43 Å². The van der Waals surface area contributed by atoms with Crippen molar-refractivity contribution in [1.29, 1.82) is 0 Å². The van der Waals surface area contributed by atoms with Gasteiger partial charge < -0.3 is 11.2 Å². The van der Waals surface area contributed by atoms with Gasteiger partial charge in [-0.2, -0.15) is 0 Å². The number of carbonyl (C=O) groups is 1. The number of nitrogens with two attached hydrogens (primary N) is 1. The van der Waals surface area contributed by atoms with Gasteiger partial charge >= 0.3 is 0 Å². The number of nitrogens with one attached hydrogen (secondary N) is 1. The molecule has 1 heterocycles. The van der Waals surface area contributed by atoms with Crippen molar-refractivity contribution in [3.05, 3.63) is 36.5 Å². The third-order valence-corrected chi connectivity index (χ3v) is 3.06. The van der Waals surface area contributed by atoms with E-state index in [2.05, 4.69) is 11.5 Å². The fourth-order valence-electron chi connectivity index (χ4n) is 2.03. The number of amides is 1. The van der Waals surface area contributed by atoms with Crippen LogP contribution in [0.1, 0.15) is 6.42 Å². The summed E-state index contributed by atoms with van der Waals surface area (Å²) in [6.07, 6.45) is 2.81. The Morgan fingerprint density at radius 2 is 2.19 bits per heavy atom. The standard InChI is InChI=1S/C12H13N3O/c13-12(16)9-7-10(9)14-15-6-5-8-3-1-2-4-11(8)15/h1-6,9-10,14H,7H2,(H2,13,16). The van der Waals surface area contributed by atoms with Gasteiger partial charge in [0.1, 0.15) is 0 Å². The largest absolute Gasteiger partial charge is 0.369 e. The molecule has 1 amide bonds. The molecule has 1 fully saturated rings. The van der Waals surface area contributed by atoms with Gasteiger partial charge in [-0.1, -0.05) is 18.2 Å². The molecule has 0 spiro atoms. The first-order valence-electron chi connectivity index (χ1n) is 5.37. The Bertz CT molecular complexity index is 546. The Hall–Kier alpha value is -1.97. The van der Waals surface area contributed by atoms with Crippen LogP contribution in [0.25, 0.3) is 10.9 Å². The summed E-state index contributed by atoms with van der Waals surface area (Å²) in [7, 11) is 0. The molecule has 3 rings (SSSR count). The Morgan fingerprint density at radius 3 is 2.94 bits per heavy atom. The minimum atomic E-state index is -0.214. The van der Waals surface area contributed by atoms with Gasteiger partial charge in [0.25, 0.3) is 0 Å². The molecule has 4 nitrogen and oxygen atoms in total. The SMILES string of the molecule is NC(=O)C1CC1Nn1ccc2ccccc21. The summed E-state index contributed by atoms with van der Waals surface area (Å²) in [4.78, 5) is 10.9. The molecule has 16 heavy (non-hydrogen) atoms. The molecule has 0 aliphatic heterocycles. The first-order chi connectivity index (χ1) is 7.75. The zero-order valence-electron chi connectivity index (χ0n) is 8.76. The molecule has 2 atom stereocenters. The van der Waals surface area contributed by atoms with Crippen LogP contribution in [0.4, 0.5) is 0 Å². The number of aromatic nitrogens is 1. The monoisotopic (exact) mass is 215 g/mol. The van der Waals surface area contributed by atoms with Crippen LogP contribution in [0.3, 0.4) is 0 Å². The molecule has 1 aliphatic carbocycles. The van der Waals surface area contributed by atoms with Crippen LogP contribution in [-0.4, -0.2) is 16.6 Å². The van der Waals surface area contributed by atoms with E-state index in [0.717, 1.165) is 11.9 Å². The first kappa shape index (κ1) is 9.27. The molecule has 2 unspecified atom stereocenters. The van der Waals surface area contributed by atoms with E-state index < -0.39 is 0 Å². The van der Waals surface area contributed by atoms with Crippen LogP contribution < -0.4 is 11.2 Å². The average molecular weight is 215 g/mol. The third-order valence-electron chi connectivity index (χ3n) is 3.06. The maximum Gasteiger partial charge on any atom is 0.222 e. The van der Waals surface area contributed by atoms with Crippen molar-refractivity contribution in [2.24, 2.45) is 11.7 Å². The lowest BCUT2D eigenvalue weighted by Crippen LogP contribution is -2.23. The summed E-state index contributed by atoms with van der Waals surface area (Å²) >= 11 is 0. The summed E-state index contributed by atoms with van der Waals surface area (Å²) < 4.78 is 1.96. The predicted molar refractivity (Wildman–Crippen MR) is 62.4 cm³/mol. The highest BCUT2D eigenvalue weighted by molar-refractivity contribution is 5.82. The van der Waals surface area contributed by atoms with Crippen LogP contribution in [0.2, 0.25) is 0 Å². The van der Waals surface area contributed by atoms with Crippen molar-refractivity contribution in [3.8, 4) is 0 Å². The van der Waals surface area contributed by atoms with Crippen molar-refractivity contribution in [1.82, 2.24) is 4.68 Å². The Labute approximate surface area is 93.0 Å². The summed E-state index contributed by atoms with van der Waals surface area (Å²) in [5, 5.41) is 1.19. The highest BCUT2D eigenvalue weighted by Crippen LogP contribution is 2.31. The van der Waals surface area contributed by atoms with Gasteiger partial charge in [0.15, 0.2) is 0 Å². The van der Waals surface area contributed by atoms with Gasteiger partial charge in [0.05, 0.1) is 17.5 Å². The maximum absolute atomic E-state index is 10.9. The number of hydrogen-bond acceptors (Lipinski definition) is 2. The molecule has 0 bridgehead atoms. The molecule has 82 valence electrons. The summed E-state index contributed by atoms with van der Waals surface area (Å²) in [5.41, 5.74) is 9.65. The third kappa shape index (κ3) is 1.43. The number of carbonyl (C=O) groups excluding carboxylic acids is 1. The topological polar surface area (TPSA) is 60.1 Å². The summed E-state index contributed by atoms with van der Waals surface area (Å²) in [5.74, 6) is -0.227. The van der Waals surface area contributed by atoms with Gasteiger partial charge in [-0.15, -0.1) is 0 Å². The molecule has 0 radical (unpaired) electrons. The fourth-order valence-corrected chi connectivity index (χ4v) is 2.03. The zero-order chi connectivity index (χ0) is 11.1. The van der Waals surface area contributed by atoms with Gasteiger partial charge in [-0.25, -0.2) is 0 Å². The van der Waals surface area contributed by atoms with Crippen molar-refractivity contribution < 1.29 is 4.79 Å². The van der Waals surface area contributed by atoms with E-state index in [9.17, 15) is 4.79 Å². The zero-order valence-corrected chi connectivity index (χ0v) is 8.76. The second-order valence-corrected chi connectivity index (χ2v) is 4.22. The van der Waals surface area contributed by atoms with Crippen LogP contribution in [0.15, 0.2) is 36.5 Å². The number of primary amides is 1. The van der Waals surface area contributed by atoms with E-state index in [-0.39, 0.29) is 17.9 Å². The molecule has 1 saturated carbocycles. The van der Waals surface area contributed by atoms with Gasteiger partial charge in [0, 0.05) is 11.6 Å². The van der Waals surface area contributed by atoms with Gasteiger partial charge in [-0.3, -0.25) is 9.47 Å².